The van der Waals surface area contributed by atoms with E-state index in [0.717, 1.165) is 24.6 Å². The molecule has 0 aliphatic carbocycles. The summed E-state index contributed by atoms with van der Waals surface area (Å²) in [5.41, 5.74) is -0.692. The lowest BCUT2D eigenvalue weighted by Gasteiger charge is -2.22. The van der Waals surface area contributed by atoms with Crippen LogP contribution in [0.3, 0.4) is 0 Å². The third kappa shape index (κ3) is 5.57. The van der Waals surface area contributed by atoms with E-state index in [2.05, 4.69) is 20.6 Å². The Balaban J connectivity index is 1.80. The lowest BCUT2D eigenvalue weighted by molar-refractivity contribution is -0.141. The van der Waals surface area contributed by atoms with Gasteiger partial charge in [-0.1, -0.05) is 17.7 Å². The molecule has 1 saturated heterocycles. The van der Waals surface area contributed by atoms with Crippen molar-refractivity contribution in [2.75, 3.05) is 25.1 Å². The summed E-state index contributed by atoms with van der Waals surface area (Å²) in [5, 5.41) is 5.54. The molecule has 0 saturated carbocycles. The Kier molecular flexibility index (Phi) is 6.59. The van der Waals surface area contributed by atoms with Crippen molar-refractivity contribution in [1.82, 2.24) is 15.3 Å². The number of anilines is 2. The van der Waals surface area contributed by atoms with Gasteiger partial charge in [-0.05, 0) is 43.4 Å². The molecule has 1 aliphatic rings. The molecular weight excluding hydrogens is 409 g/mol. The molecule has 1 fully saturated rings. The number of carbonyl (C=O) groups is 1. The molecule has 2 heterocycles. The Hall–Kier alpha value is -2.39. The van der Waals surface area contributed by atoms with Crippen molar-refractivity contribution in [3.05, 3.63) is 46.2 Å². The van der Waals surface area contributed by atoms with Crippen molar-refractivity contribution >= 4 is 29.1 Å². The molecular formula is C19H20ClF3N4O2. The Labute approximate surface area is 170 Å². The van der Waals surface area contributed by atoms with E-state index < -0.39 is 23.3 Å². The summed E-state index contributed by atoms with van der Waals surface area (Å²) < 4.78 is 45.8. The predicted molar refractivity (Wildman–Crippen MR) is 102 cm³/mol. The Morgan fingerprint density at radius 2 is 2.03 bits per heavy atom. The molecule has 0 atom stereocenters. The average molecular weight is 429 g/mol. The molecule has 0 spiro atoms. The zero-order valence-corrected chi connectivity index (χ0v) is 16.4. The number of ether oxygens (including phenoxy) is 1. The second-order valence-electron chi connectivity index (χ2n) is 6.83. The first-order valence-electron chi connectivity index (χ1n) is 9.07. The largest absolute Gasteiger partial charge is 0.434 e. The summed E-state index contributed by atoms with van der Waals surface area (Å²) in [7, 11) is 0. The van der Waals surface area contributed by atoms with E-state index in [4.69, 9.17) is 16.3 Å². The Morgan fingerprint density at radius 1 is 1.31 bits per heavy atom. The van der Waals surface area contributed by atoms with Crippen molar-refractivity contribution in [1.29, 1.82) is 0 Å². The number of alkyl halides is 3. The zero-order valence-electron chi connectivity index (χ0n) is 15.6. The molecule has 0 bridgehead atoms. The fraction of sp³-hybridized carbons (Fsp3) is 0.421. The molecule has 156 valence electrons. The van der Waals surface area contributed by atoms with E-state index in [1.807, 2.05) is 6.92 Å². The molecule has 3 rings (SSSR count). The van der Waals surface area contributed by atoms with Gasteiger partial charge in [0.15, 0.2) is 5.69 Å². The molecule has 1 aromatic heterocycles. The average Bonchev–Trinajstić information content (AvgIpc) is 2.69. The minimum Gasteiger partial charge on any atom is -0.381 e. The summed E-state index contributed by atoms with van der Waals surface area (Å²) in [6, 6.07) is 5.04. The van der Waals surface area contributed by atoms with Crippen LogP contribution < -0.4 is 10.6 Å². The van der Waals surface area contributed by atoms with Crippen molar-refractivity contribution in [3.8, 4) is 0 Å². The van der Waals surface area contributed by atoms with Gasteiger partial charge in [0.2, 0.25) is 5.95 Å². The number of hydrogen-bond donors (Lipinski definition) is 2. The van der Waals surface area contributed by atoms with Gasteiger partial charge >= 0.3 is 6.18 Å². The van der Waals surface area contributed by atoms with Crippen molar-refractivity contribution in [3.63, 3.8) is 0 Å². The van der Waals surface area contributed by atoms with Crippen LogP contribution in [0.5, 0.6) is 0 Å². The monoisotopic (exact) mass is 428 g/mol. The number of amides is 1. The summed E-state index contributed by atoms with van der Waals surface area (Å²) in [4.78, 5) is 19.8. The minimum absolute atomic E-state index is 0.173. The standard InChI is InChI=1S/C19H20ClF3N4O2/c1-11-2-3-14(20)15(8-11)26-18-25-10-13(16(27-18)19(21,22)23)17(28)24-9-12-4-6-29-7-5-12/h2-3,8,10,12H,4-7,9H2,1H3,(H,24,28)(H,25,26,27). The van der Waals surface area contributed by atoms with Gasteiger partial charge in [-0.2, -0.15) is 13.2 Å². The fourth-order valence-corrected chi connectivity index (χ4v) is 3.13. The lowest BCUT2D eigenvalue weighted by Crippen LogP contribution is -2.33. The van der Waals surface area contributed by atoms with Gasteiger partial charge in [0.25, 0.3) is 5.91 Å². The van der Waals surface area contributed by atoms with Crippen LogP contribution in [0.1, 0.15) is 34.5 Å². The van der Waals surface area contributed by atoms with Crippen molar-refractivity contribution in [2.45, 2.75) is 25.9 Å². The first-order chi connectivity index (χ1) is 13.7. The first kappa shape index (κ1) is 21.3. The molecule has 10 heteroatoms. The highest BCUT2D eigenvalue weighted by Crippen LogP contribution is 2.32. The van der Waals surface area contributed by atoms with Gasteiger partial charge in [0.05, 0.1) is 16.3 Å². The Morgan fingerprint density at radius 3 is 2.72 bits per heavy atom. The van der Waals surface area contributed by atoms with Gasteiger partial charge < -0.3 is 15.4 Å². The van der Waals surface area contributed by atoms with Crippen LogP contribution in [-0.4, -0.2) is 35.6 Å². The maximum Gasteiger partial charge on any atom is 0.434 e. The normalized spacial score (nSPS) is 15.2. The van der Waals surface area contributed by atoms with Crippen molar-refractivity contribution < 1.29 is 22.7 Å². The summed E-state index contributed by atoms with van der Waals surface area (Å²) in [6.45, 7) is 3.26. The van der Waals surface area contributed by atoms with E-state index >= 15 is 0 Å². The highest BCUT2D eigenvalue weighted by Gasteiger charge is 2.38. The van der Waals surface area contributed by atoms with E-state index in [1.54, 1.807) is 18.2 Å². The second-order valence-corrected chi connectivity index (χ2v) is 7.23. The third-order valence-electron chi connectivity index (χ3n) is 4.56. The highest BCUT2D eigenvalue weighted by molar-refractivity contribution is 6.33. The number of rotatable bonds is 5. The number of nitrogens with one attached hydrogen (secondary N) is 2. The molecule has 2 aromatic rings. The number of aryl methyl sites for hydroxylation is 1. The maximum atomic E-state index is 13.5. The van der Waals surface area contributed by atoms with Crippen LogP contribution >= 0.6 is 11.6 Å². The van der Waals surface area contributed by atoms with Gasteiger partial charge in [-0.25, -0.2) is 9.97 Å². The van der Waals surface area contributed by atoms with Gasteiger partial charge in [0, 0.05) is 26.0 Å². The SMILES string of the molecule is Cc1ccc(Cl)c(Nc2ncc(C(=O)NCC3CCOCC3)c(C(F)(F)F)n2)c1. The van der Waals surface area contributed by atoms with E-state index in [9.17, 15) is 18.0 Å². The van der Waals surface area contributed by atoms with Crippen LogP contribution in [0.4, 0.5) is 24.8 Å². The van der Waals surface area contributed by atoms with E-state index in [1.165, 1.54) is 0 Å². The summed E-state index contributed by atoms with van der Waals surface area (Å²) in [5.74, 6) is -0.984. The quantitative estimate of drug-likeness (QED) is 0.740. The number of carbonyl (C=O) groups excluding carboxylic acids is 1. The maximum absolute atomic E-state index is 13.5. The molecule has 0 radical (unpaired) electrons. The first-order valence-corrected chi connectivity index (χ1v) is 9.45. The topological polar surface area (TPSA) is 76.1 Å². The van der Waals surface area contributed by atoms with Crippen LogP contribution in [0.2, 0.25) is 5.02 Å². The molecule has 1 aromatic carbocycles. The molecule has 0 unspecified atom stereocenters. The number of aromatic nitrogens is 2. The molecule has 29 heavy (non-hydrogen) atoms. The molecule has 1 amide bonds. The number of hydrogen-bond acceptors (Lipinski definition) is 5. The Bertz CT molecular complexity index is 886. The zero-order chi connectivity index (χ0) is 21.0. The highest BCUT2D eigenvalue weighted by atomic mass is 35.5. The van der Waals surface area contributed by atoms with E-state index in [0.29, 0.717) is 23.9 Å². The summed E-state index contributed by atoms with van der Waals surface area (Å²) >= 11 is 6.06. The fourth-order valence-electron chi connectivity index (χ4n) is 2.96. The van der Waals surface area contributed by atoms with E-state index in [-0.39, 0.29) is 18.4 Å². The number of benzene rings is 1. The summed E-state index contributed by atoms with van der Waals surface area (Å²) in [6.07, 6.45) is -2.44. The smallest absolute Gasteiger partial charge is 0.381 e. The second kappa shape index (κ2) is 8.96. The lowest BCUT2D eigenvalue weighted by atomic mass is 10.0. The van der Waals surface area contributed by atoms with Crippen LogP contribution in [0, 0.1) is 12.8 Å². The predicted octanol–water partition coefficient (Wildman–Crippen LogP) is 4.36. The number of halogens is 4. The number of nitrogens with zero attached hydrogens (tertiary/aromatic N) is 2. The van der Waals surface area contributed by atoms with Crippen molar-refractivity contribution in [2.24, 2.45) is 5.92 Å². The van der Waals surface area contributed by atoms with Crippen LogP contribution in [-0.2, 0) is 10.9 Å². The molecule has 6 nitrogen and oxygen atoms in total. The van der Waals surface area contributed by atoms with Gasteiger partial charge in [-0.15, -0.1) is 0 Å². The minimum atomic E-state index is -4.82. The van der Waals surface area contributed by atoms with Crippen LogP contribution in [0.15, 0.2) is 24.4 Å². The van der Waals surface area contributed by atoms with Gasteiger partial charge in [0.1, 0.15) is 0 Å². The van der Waals surface area contributed by atoms with Gasteiger partial charge in [-0.3, -0.25) is 4.79 Å². The third-order valence-corrected chi connectivity index (χ3v) is 4.89. The molecule has 2 N–H and O–H groups in total. The molecule has 1 aliphatic heterocycles. The van der Waals surface area contributed by atoms with Crippen LogP contribution in [0.25, 0.3) is 0 Å².